The molecule has 0 aliphatic carbocycles. The fourth-order valence-corrected chi connectivity index (χ4v) is 8.02. The number of rotatable bonds is 7. The van der Waals surface area contributed by atoms with Gasteiger partial charge in [-0.1, -0.05) is 12.1 Å². The molecule has 3 heterocycles. The van der Waals surface area contributed by atoms with E-state index in [4.69, 9.17) is 4.74 Å². The van der Waals surface area contributed by atoms with Crippen LogP contribution >= 0.6 is 0 Å². The van der Waals surface area contributed by atoms with Gasteiger partial charge >= 0.3 is 5.97 Å². The van der Waals surface area contributed by atoms with Crippen LogP contribution in [0.4, 0.5) is 5.69 Å². The van der Waals surface area contributed by atoms with Crippen LogP contribution in [0.15, 0.2) is 29.2 Å². The molecule has 3 fully saturated rings. The molecule has 0 aromatic heterocycles. The van der Waals surface area contributed by atoms with Crippen molar-refractivity contribution in [2.45, 2.75) is 61.9 Å². The van der Waals surface area contributed by atoms with E-state index < -0.39 is 20.6 Å². The molecule has 1 aromatic carbocycles. The summed E-state index contributed by atoms with van der Waals surface area (Å²) in [5.41, 5.74) is -0.392. The minimum Gasteiger partial charge on any atom is -0.469 e. The third kappa shape index (κ3) is 4.27. The molecule has 0 N–H and O–H groups in total. The third-order valence-corrected chi connectivity index (χ3v) is 9.32. The van der Waals surface area contributed by atoms with E-state index in [9.17, 15) is 23.3 Å². The Morgan fingerprint density at radius 2 is 1.94 bits per heavy atom. The normalized spacial score (nSPS) is 28.7. The third-order valence-electron chi connectivity index (χ3n) is 7.38. The van der Waals surface area contributed by atoms with E-state index in [0.29, 0.717) is 25.4 Å². The summed E-state index contributed by atoms with van der Waals surface area (Å²) in [7, 11) is -2.73. The summed E-state index contributed by atoms with van der Waals surface area (Å²) in [6.07, 6.45) is 5.25. The number of carbonyl (C=O) groups excluding carboxylic acids is 1. The fourth-order valence-electron chi connectivity index (χ4n) is 6.10. The number of carbonyl (C=O) groups is 1. The van der Waals surface area contributed by atoms with Gasteiger partial charge in [-0.15, -0.1) is 0 Å². The molecule has 0 amide bonds. The molecule has 0 bridgehead atoms. The zero-order chi connectivity index (χ0) is 22.9. The first-order valence-corrected chi connectivity index (χ1v) is 12.8. The Kier molecular flexibility index (Phi) is 6.83. The lowest BCUT2D eigenvalue weighted by Gasteiger charge is -2.57. The van der Waals surface area contributed by atoms with E-state index in [1.165, 1.54) is 35.7 Å². The number of methoxy groups -OCH3 is 1. The zero-order valence-corrected chi connectivity index (χ0v) is 19.2. The number of hydrogen-bond donors (Lipinski definition) is 0. The van der Waals surface area contributed by atoms with Gasteiger partial charge in [-0.2, -0.15) is 4.31 Å². The van der Waals surface area contributed by atoms with Crippen LogP contribution in [0, 0.1) is 22.0 Å². The van der Waals surface area contributed by atoms with Crippen LogP contribution in [0.3, 0.4) is 0 Å². The molecule has 176 valence electrons. The molecule has 3 aliphatic rings. The molecular weight excluding hydrogens is 434 g/mol. The second-order valence-electron chi connectivity index (χ2n) is 9.07. The maximum atomic E-state index is 13.8. The van der Waals surface area contributed by atoms with Crippen molar-refractivity contribution in [3.63, 3.8) is 0 Å². The predicted molar refractivity (Wildman–Crippen MR) is 117 cm³/mol. The number of ether oxygens (including phenoxy) is 1. The molecule has 4 rings (SSSR count). The second kappa shape index (κ2) is 9.44. The van der Waals surface area contributed by atoms with Gasteiger partial charge in [0.25, 0.3) is 5.69 Å². The molecule has 9 nitrogen and oxygen atoms in total. The van der Waals surface area contributed by atoms with E-state index >= 15 is 0 Å². The second-order valence-corrected chi connectivity index (χ2v) is 10.9. The highest BCUT2D eigenvalue weighted by Gasteiger charge is 2.52. The van der Waals surface area contributed by atoms with E-state index in [2.05, 4.69) is 4.90 Å². The molecule has 0 radical (unpaired) electrons. The Bertz CT molecular complexity index is 966. The van der Waals surface area contributed by atoms with Gasteiger partial charge in [0.1, 0.15) is 0 Å². The van der Waals surface area contributed by atoms with Crippen LogP contribution < -0.4 is 0 Å². The fraction of sp³-hybridized carbons (Fsp3) is 0.682. The van der Waals surface area contributed by atoms with E-state index in [1.807, 2.05) is 0 Å². The Hall–Kier alpha value is -2.04. The highest BCUT2D eigenvalue weighted by Crippen LogP contribution is 2.45. The molecule has 3 aliphatic heterocycles. The molecule has 4 atom stereocenters. The Morgan fingerprint density at radius 1 is 1.22 bits per heavy atom. The van der Waals surface area contributed by atoms with E-state index in [1.54, 1.807) is 0 Å². The van der Waals surface area contributed by atoms with Crippen molar-refractivity contribution in [3.05, 3.63) is 34.4 Å². The summed E-state index contributed by atoms with van der Waals surface area (Å²) >= 11 is 0. The summed E-state index contributed by atoms with van der Waals surface area (Å²) in [5.74, 6) is 0.0798. The van der Waals surface area contributed by atoms with Gasteiger partial charge in [0.2, 0.25) is 10.0 Å². The summed E-state index contributed by atoms with van der Waals surface area (Å²) < 4.78 is 33.9. The number of sulfonamides is 1. The Labute approximate surface area is 188 Å². The van der Waals surface area contributed by atoms with Crippen LogP contribution in [-0.2, 0) is 19.6 Å². The lowest BCUT2D eigenvalue weighted by Crippen LogP contribution is -2.65. The van der Waals surface area contributed by atoms with E-state index in [0.717, 1.165) is 38.8 Å². The number of para-hydroxylation sites is 1. The SMILES string of the molecule is COC(=O)CCC[C@@H]1[C@H]2CCCN3CCC[C@@H](CN1S(=O)(=O)c1ccccc1[N+](=O)[O-])[C@@H]23. The number of benzene rings is 1. The Balaban J connectivity index is 1.70. The molecule has 10 heteroatoms. The number of hydrogen-bond acceptors (Lipinski definition) is 7. The smallest absolute Gasteiger partial charge is 0.305 e. The molecule has 0 unspecified atom stereocenters. The summed E-state index contributed by atoms with van der Waals surface area (Å²) in [6, 6.07) is 5.65. The summed E-state index contributed by atoms with van der Waals surface area (Å²) in [6.45, 7) is 2.46. The van der Waals surface area contributed by atoms with Crippen LogP contribution in [0.2, 0.25) is 0 Å². The van der Waals surface area contributed by atoms with Gasteiger partial charge in [-0.3, -0.25) is 19.8 Å². The standard InChI is InChI=1S/C22H31N3O6S/c1-31-21(26)12-4-10-18-17-8-6-14-23-13-5-7-16(22(17)23)15-24(18)32(29,30)20-11-3-2-9-19(20)25(27)28/h2-3,9,11,16-18,22H,4-8,10,12-15H2,1H3/t16-,17+,18+,22-/m0/s1. The molecule has 0 saturated carbocycles. The van der Waals surface area contributed by atoms with Crippen molar-refractivity contribution in [1.29, 1.82) is 0 Å². The first-order valence-electron chi connectivity index (χ1n) is 11.4. The minimum absolute atomic E-state index is 0.165. The average molecular weight is 466 g/mol. The monoisotopic (exact) mass is 465 g/mol. The van der Waals surface area contributed by atoms with Crippen molar-refractivity contribution in [1.82, 2.24) is 9.21 Å². The van der Waals surface area contributed by atoms with Crippen LogP contribution in [0.5, 0.6) is 0 Å². The quantitative estimate of drug-likeness (QED) is 0.346. The van der Waals surface area contributed by atoms with Crippen molar-refractivity contribution in [3.8, 4) is 0 Å². The van der Waals surface area contributed by atoms with Gasteiger partial charge in [-0.05, 0) is 69.5 Å². The highest BCUT2D eigenvalue weighted by molar-refractivity contribution is 7.89. The molecular formula is C22H31N3O6S. The van der Waals surface area contributed by atoms with Crippen molar-refractivity contribution < 1.29 is 22.9 Å². The zero-order valence-electron chi connectivity index (χ0n) is 18.4. The number of nitro benzene ring substituents is 1. The van der Waals surface area contributed by atoms with E-state index in [-0.39, 0.29) is 35.2 Å². The first kappa shape index (κ1) is 23.1. The number of esters is 1. The number of piperidine rings is 3. The summed E-state index contributed by atoms with van der Waals surface area (Å²) in [5, 5.41) is 11.6. The maximum absolute atomic E-state index is 13.8. The van der Waals surface area contributed by atoms with Crippen LogP contribution in [0.25, 0.3) is 0 Å². The van der Waals surface area contributed by atoms with Gasteiger partial charge in [0, 0.05) is 31.1 Å². The number of nitro groups is 1. The van der Waals surface area contributed by atoms with Gasteiger partial charge in [0.15, 0.2) is 4.90 Å². The molecule has 32 heavy (non-hydrogen) atoms. The largest absolute Gasteiger partial charge is 0.469 e. The van der Waals surface area contributed by atoms with Crippen molar-refractivity contribution in [2.75, 3.05) is 26.7 Å². The molecule has 1 aromatic rings. The lowest BCUT2D eigenvalue weighted by atomic mass is 9.70. The maximum Gasteiger partial charge on any atom is 0.305 e. The van der Waals surface area contributed by atoms with Gasteiger partial charge < -0.3 is 4.74 Å². The van der Waals surface area contributed by atoms with Crippen molar-refractivity contribution in [2.24, 2.45) is 11.8 Å². The van der Waals surface area contributed by atoms with Crippen LogP contribution in [0.1, 0.15) is 44.9 Å². The molecule has 0 spiro atoms. The predicted octanol–water partition coefficient (Wildman–Crippen LogP) is 2.80. The highest BCUT2D eigenvalue weighted by atomic mass is 32.2. The summed E-state index contributed by atoms with van der Waals surface area (Å²) in [4.78, 5) is 24.9. The molecule has 3 saturated heterocycles. The lowest BCUT2D eigenvalue weighted by molar-refractivity contribution is -0.387. The van der Waals surface area contributed by atoms with Crippen LogP contribution in [-0.4, -0.2) is 67.3 Å². The van der Waals surface area contributed by atoms with Crippen molar-refractivity contribution >= 4 is 21.7 Å². The van der Waals surface area contributed by atoms with Gasteiger partial charge in [0.05, 0.1) is 12.0 Å². The van der Waals surface area contributed by atoms with Gasteiger partial charge in [-0.25, -0.2) is 8.42 Å². The average Bonchev–Trinajstić information content (AvgIpc) is 2.80. The first-order chi connectivity index (χ1) is 15.3. The Morgan fingerprint density at radius 3 is 2.66 bits per heavy atom. The topological polar surface area (TPSA) is 110 Å². The minimum atomic E-state index is -4.07. The number of nitrogens with zero attached hydrogens (tertiary/aromatic N) is 3.